The fourth-order valence-corrected chi connectivity index (χ4v) is 2.29. The van der Waals surface area contributed by atoms with Gasteiger partial charge in [0, 0.05) is 23.3 Å². The Bertz CT molecular complexity index is 658. The van der Waals surface area contributed by atoms with E-state index >= 15 is 0 Å². The van der Waals surface area contributed by atoms with Crippen molar-refractivity contribution in [3.8, 4) is 5.75 Å². The molecule has 0 bridgehead atoms. The van der Waals surface area contributed by atoms with Crippen molar-refractivity contribution < 1.29 is 9.53 Å². The quantitative estimate of drug-likeness (QED) is 0.874. The Hall–Kier alpha value is -2.04. The molecule has 0 aliphatic rings. The number of nitrogens with zero attached hydrogens (tertiary/aromatic N) is 1. The van der Waals surface area contributed by atoms with E-state index in [1.165, 1.54) is 0 Å². The van der Waals surface area contributed by atoms with Gasteiger partial charge in [-0.3, -0.25) is 9.69 Å². The van der Waals surface area contributed by atoms with Crippen LogP contribution in [0.15, 0.2) is 48.5 Å². The van der Waals surface area contributed by atoms with Gasteiger partial charge in [0.05, 0.1) is 13.2 Å². The molecule has 5 heteroatoms. The number of halogens is 1. The third kappa shape index (κ3) is 4.98. The van der Waals surface area contributed by atoms with Crippen LogP contribution in [-0.2, 0) is 11.3 Å². The Morgan fingerprint density at radius 1 is 1.26 bits per heavy atom. The third-order valence-corrected chi connectivity index (χ3v) is 3.98. The summed E-state index contributed by atoms with van der Waals surface area (Å²) in [4.78, 5) is 14.4. The molecule has 0 radical (unpaired) electrons. The van der Waals surface area contributed by atoms with Crippen LogP contribution >= 0.6 is 11.6 Å². The van der Waals surface area contributed by atoms with Gasteiger partial charge in [0.1, 0.15) is 5.75 Å². The maximum atomic E-state index is 12.4. The van der Waals surface area contributed by atoms with E-state index in [0.29, 0.717) is 17.3 Å². The summed E-state index contributed by atoms with van der Waals surface area (Å²) < 4.78 is 5.16. The zero-order chi connectivity index (χ0) is 16.8. The number of anilines is 1. The van der Waals surface area contributed by atoms with Crippen molar-refractivity contribution in [1.29, 1.82) is 0 Å². The fourth-order valence-electron chi connectivity index (χ4n) is 2.16. The average Bonchev–Trinajstić information content (AvgIpc) is 2.56. The number of nitrogens with one attached hydrogen (secondary N) is 1. The third-order valence-electron chi connectivity index (χ3n) is 3.72. The Labute approximate surface area is 142 Å². The van der Waals surface area contributed by atoms with Crippen molar-refractivity contribution in [1.82, 2.24) is 4.90 Å². The number of carbonyl (C=O) groups is 1. The van der Waals surface area contributed by atoms with E-state index in [2.05, 4.69) is 5.32 Å². The van der Waals surface area contributed by atoms with Gasteiger partial charge in [0.25, 0.3) is 0 Å². The van der Waals surface area contributed by atoms with Crippen LogP contribution in [0.1, 0.15) is 12.5 Å². The van der Waals surface area contributed by atoms with Gasteiger partial charge in [-0.25, -0.2) is 0 Å². The smallest absolute Gasteiger partial charge is 0.241 e. The number of carbonyl (C=O) groups excluding carboxylic acids is 1. The number of amides is 1. The van der Waals surface area contributed by atoms with Gasteiger partial charge in [-0.2, -0.15) is 0 Å². The number of hydrogen-bond donors (Lipinski definition) is 1. The number of hydrogen-bond acceptors (Lipinski definition) is 3. The van der Waals surface area contributed by atoms with Crippen LogP contribution in [0.4, 0.5) is 5.69 Å². The summed E-state index contributed by atoms with van der Waals surface area (Å²) in [6.07, 6.45) is 0. The van der Waals surface area contributed by atoms with Gasteiger partial charge in [0.2, 0.25) is 5.91 Å². The van der Waals surface area contributed by atoms with Crippen molar-refractivity contribution in [2.24, 2.45) is 0 Å². The molecule has 2 aromatic carbocycles. The van der Waals surface area contributed by atoms with Crippen LogP contribution < -0.4 is 10.1 Å². The summed E-state index contributed by atoms with van der Waals surface area (Å²) in [6.45, 7) is 2.55. The summed E-state index contributed by atoms with van der Waals surface area (Å²) in [5, 5.41) is 3.62. The van der Waals surface area contributed by atoms with Crippen molar-refractivity contribution in [3.63, 3.8) is 0 Å². The van der Waals surface area contributed by atoms with Gasteiger partial charge >= 0.3 is 0 Å². The Balaban J connectivity index is 1.96. The lowest BCUT2D eigenvalue weighted by Crippen LogP contribution is -2.39. The molecular weight excluding hydrogens is 312 g/mol. The number of likely N-dealkylation sites (N-methyl/N-ethyl adjacent to an activating group) is 1. The molecule has 2 rings (SSSR count). The second kappa shape index (κ2) is 7.99. The molecular formula is C18H21ClN2O2. The van der Waals surface area contributed by atoms with Crippen molar-refractivity contribution >= 4 is 23.2 Å². The van der Waals surface area contributed by atoms with E-state index in [9.17, 15) is 4.79 Å². The van der Waals surface area contributed by atoms with E-state index < -0.39 is 0 Å². The summed E-state index contributed by atoms with van der Waals surface area (Å²) in [5.41, 5.74) is 1.83. The van der Waals surface area contributed by atoms with E-state index in [-0.39, 0.29) is 11.9 Å². The fraction of sp³-hybridized carbons (Fsp3) is 0.278. The SMILES string of the molecule is COc1cccc(NC(=O)[C@@H](C)N(C)Cc2ccc(Cl)cc2)c1. The Morgan fingerprint density at radius 2 is 1.96 bits per heavy atom. The minimum absolute atomic E-state index is 0.0604. The maximum Gasteiger partial charge on any atom is 0.241 e. The predicted molar refractivity (Wildman–Crippen MR) is 94.0 cm³/mol. The van der Waals surface area contributed by atoms with Crippen molar-refractivity contribution in [2.45, 2.75) is 19.5 Å². The molecule has 0 saturated heterocycles. The number of methoxy groups -OCH3 is 1. The van der Waals surface area contributed by atoms with Gasteiger partial charge in [-0.1, -0.05) is 29.8 Å². The molecule has 0 heterocycles. The van der Waals surface area contributed by atoms with Crippen molar-refractivity contribution in [3.05, 3.63) is 59.1 Å². The van der Waals surface area contributed by atoms with Crippen LogP contribution in [0.25, 0.3) is 0 Å². The first-order valence-electron chi connectivity index (χ1n) is 7.39. The highest BCUT2D eigenvalue weighted by atomic mass is 35.5. The molecule has 4 nitrogen and oxygen atoms in total. The molecule has 0 aliphatic carbocycles. The molecule has 0 aromatic heterocycles. The van der Waals surface area contributed by atoms with E-state index in [0.717, 1.165) is 11.3 Å². The van der Waals surface area contributed by atoms with Crippen LogP contribution in [0.3, 0.4) is 0 Å². The van der Waals surface area contributed by atoms with Crippen LogP contribution in [-0.4, -0.2) is 31.0 Å². The minimum Gasteiger partial charge on any atom is -0.497 e. The summed E-state index contributed by atoms with van der Waals surface area (Å²) in [6, 6.07) is 14.7. The van der Waals surface area contributed by atoms with E-state index in [1.807, 2.05) is 61.3 Å². The lowest BCUT2D eigenvalue weighted by molar-refractivity contribution is -0.120. The molecule has 122 valence electrons. The topological polar surface area (TPSA) is 41.6 Å². The minimum atomic E-state index is -0.267. The monoisotopic (exact) mass is 332 g/mol. The first-order chi connectivity index (χ1) is 11.0. The van der Waals surface area contributed by atoms with Gasteiger partial charge < -0.3 is 10.1 Å². The molecule has 1 atom stereocenters. The van der Waals surface area contributed by atoms with Gasteiger partial charge in [0.15, 0.2) is 0 Å². The summed E-state index contributed by atoms with van der Waals surface area (Å²) >= 11 is 5.89. The lowest BCUT2D eigenvalue weighted by Gasteiger charge is -2.24. The predicted octanol–water partition coefficient (Wildman–Crippen LogP) is 3.81. The normalized spacial score (nSPS) is 12.0. The highest BCUT2D eigenvalue weighted by Gasteiger charge is 2.18. The molecule has 0 saturated carbocycles. The van der Waals surface area contributed by atoms with E-state index in [4.69, 9.17) is 16.3 Å². The molecule has 0 spiro atoms. The van der Waals surface area contributed by atoms with Crippen LogP contribution in [0, 0.1) is 0 Å². The zero-order valence-corrected chi connectivity index (χ0v) is 14.3. The largest absolute Gasteiger partial charge is 0.497 e. The molecule has 0 unspecified atom stereocenters. The molecule has 1 N–H and O–H groups in total. The average molecular weight is 333 g/mol. The maximum absolute atomic E-state index is 12.4. The Kier molecular flexibility index (Phi) is 6.02. The highest BCUT2D eigenvalue weighted by molar-refractivity contribution is 6.30. The summed E-state index contributed by atoms with van der Waals surface area (Å²) in [7, 11) is 3.52. The van der Waals surface area contributed by atoms with Gasteiger partial charge in [-0.15, -0.1) is 0 Å². The standard InChI is InChI=1S/C18H21ClN2O2/c1-13(21(2)12-14-7-9-15(19)10-8-14)18(22)20-16-5-4-6-17(11-16)23-3/h4-11,13H,12H2,1-3H3,(H,20,22)/t13-/m1/s1. The second-order valence-electron chi connectivity index (χ2n) is 5.44. The molecule has 1 amide bonds. The first-order valence-corrected chi connectivity index (χ1v) is 7.77. The summed E-state index contributed by atoms with van der Waals surface area (Å²) in [5.74, 6) is 0.652. The second-order valence-corrected chi connectivity index (χ2v) is 5.88. The zero-order valence-electron chi connectivity index (χ0n) is 13.5. The first kappa shape index (κ1) is 17.3. The van der Waals surface area contributed by atoms with Crippen molar-refractivity contribution in [2.75, 3.05) is 19.5 Å². The number of benzene rings is 2. The molecule has 0 fully saturated rings. The molecule has 23 heavy (non-hydrogen) atoms. The lowest BCUT2D eigenvalue weighted by atomic mass is 10.2. The number of ether oxygens (including phenoxy) is 1. The highest BCUT2D eigenvalue weighted by Crippen LogP contribution is 2.18. The molecule has 0 aliphatic heterocycles. The van der Waals surface area contributed by atoms with Gasteiger partial charge in [-0.05, 0) is 43.8 Å². The number of rotatable bonds is 6. The van der Waals surface area contributed by atoms with Crippen LogP contribution in [0.2, 0.25) is 5.02 Å². The van der Waals surface area contributed by atoms with E-state index in [1.54, 1.807) is 13.2 Å². The van der Waals surface area contributed by atoms with Crippen LogP contribution in [0.5, 0.6) is 5.75 Å². The molecule has 2 aromatic rings. The Morgan fingerprint density at radius 3 is 2.61 bits per heavy atom.